The summed E-state index contributed by atoms with van der Waals surface area (Å²) in [6.07, 6.45) is 0.911. The van der Waals surface area contributed by atoms with Crippen molar-refractivity contribution < 1.29 is 14.6 Å². The third kappa shape index (κ3) is 7.33. The molecule has 0 aliphatic carbocycles. The monoisotopic (exact) mass is 217 g/mol. The Labute approximate surface area is 91.8 Å². The first-order valence-electron chi connectivity index (χ1n) is 5.41. The average molecular weight is 217 g/mol. The molecule has 4 heteroatoms. The molecule has 0 fully saturated rings. The van der Waals surface area contributed by atoms with Crippen LogP contribution in [0.1, 0.15) is 47.0 Å². The largest absolute Gasteiger partial charge is 0.460 e. The molecule has 0 aromatic rings. The zero-order valence-corrected chi connectivity index (χ0v) is 10.1. The lowest BCUT2D eigenvalue weighted by Gasteiger charge is -2.22. The van der Waals surface area contributed by atoms with E-state index in [1.54, 1.807) is 20.8 Å². The molecule has 0 rings (SSSR count). The van der Waals surface area contributed by atoms with E-state index in [-0.39, 0.29) is 12.4 Å². The van der Waals surface area contributed by atoms with E-state index < -0.39 is 17.7 Å². The van der Waals surface area contributed by atoms with Crippen molar-refractivity contribution in [3.05, 3.63) is 0 Å². The van der Waals surface area contributed by atoms with Crippen LogP contribution < -0.4 is 5.73 Å². The summed E-state index contributed by atoms with van der Waals surface area (Å²) in [4.78, 5) is 11.4. The number of carbonyl (C=O) groups excluding carboxylic acids is 1. The third-order valence-electron chi connectivity index (χ3n) is 1.90. The maximum absolute atomic E-state index is 11.4. The van der Waals surface area contributed by atoms with Crippen molar-refractivity contribution in [1.29, 1.82) is 0 Å². The fraction of sp³-hybridized carbons (Fsp3) is 0.909. The van der Waals surface area contributed by atoms with Crippen LogP contribution in [0.2, 0.25) is 0 Å². The second kappa shape index (κ2) is 6.08. The maximum Gasteiger partial charge on any atom is 0.307 e. The summed E-state index contributed by atoms with van der Waals surface area (Å²) in [5.74, 6) is -0.356. The van der Waals surface area contributed by atoms with Crippen molar-refractivity contribution in [2.45, 2.75) is 64.7 Å². The van der Waals surface area contributed by atoms with Gasteiger partial charge in [0.2, 0.25) is 0 Å². The Kier molecular flexibility index (Phi) is 5.83. The number of carbonyl (C=O) groups is 1. The van der Waals surface area contributed by atoms with Crippen LogP contribution in [-0.2, 0) is 9.53 Å². The van der Waals surface area contributed by atoms with Gasteiger partial charge in [-0.1, -0.05) is 13.3 Å². The number of nitrogens with two attached hydrogens (primary N) is 1. The summed E-state index contributed by atoms with van der Waals surface area (Å²) in [7, 11) is 0. The molecule has 0 aromatic carbocycles. The van der Waals surface area contributed by atoms with E-state index in [1.807, 2.05) is 6.92 Å². The van der Waals surface area contributed by atoms with Crippen LogP contribution in [0.15, 0.2) is 0 Å². The Hall–Kier alpha value is -0.610. The third-order valence-corrected chi connectivity index (χ3v) is 1.90. The van der Waals surface area contributed by atoms with E-state index in [4.69, 9.17) is 10.5 Å². The molecule has 0 aliphatic heterocycles. The molecule has 4 nitrogen and oxygen atoms in total. The van der Waals surface area contributed by atoms with Crippen molar-refractivity contribution in [2.24, 2.45) is 5.73 Å². The fourth-order valence-corrected chi connectivity index (χ4v) is 1.22. The van der Waals surface area contributed by atoms with Gasteiger partial charge in [0.1, 0.15) is 5.60 Å². The highest BCUT2D eigenvalue weighted by Gasteiger charge is 2.22. The van der Waals surface area contributed by atoms with E-state index in [2.05, 4.69) is 0 Å². The highest BCUT2D eigenvalue weighted by Crippen LogP contribution is 2.11. The fourth-order valence-electron chi connectivity index (χ4n) is 1.22. The van der Waals surface area contributed by atoms with Crippen LogP contribution in [0.3, 0.4) is 0 Å². The summed E-state index contributed by atoms with van der Waals surface area (Å²) < 4.78 is 5.11. The average Bonchev–Trinajstić information content (AvgIpc) is 2.00. The second-order valence-electron chi connectivity index (χ2n) is 4.81. The zero-order valence-electron chi connectivity index (χ0n) is 10.1. The van der Waals surface area contributed by atoms with Gasteiger partial charge in [-0.15, -0.1) is 0 Å². The predicted octanol–water partition coefficient (Wildman–Crippen LogP) is 1.21. The lowest BCUT2D eigenvalue weighted by atomic mass is 10.0. The van der Waals surface area contributed by atoms with Crippen LogP contribution in [0.4, 0.5) is 0 Å². The van der Waals surface area contributed by atoms with E-state index in [0.29, 0.717) is 6.42 Å². The number of hydrogen-bond acceptors (Lipinski definition) is 4. The van der Waals surface area contributed by atoms with Gasteiger partial charge in [0.25, 0.3) is 0 Å². The van der Waals surface area contributed by atoms with Gasteiger partial charge in [-0.25, -0.2) is 0 Å². The van der Waals surface area contributed by atoms with Gasteiger partial charge in [0, 0.05) is 6.04 Å². The molecule has 0 bridgehead atoms. The van der Waals surface area contributed by atoms with Gasteiger partial charge in [-0.05, 0) is 27.2 Å². The van der Waals surface area contributed by atoms with Gasteiger partial charge in [-0.3, -0.25) is 4.79 Å². The first-order chi connectivity index (χ1) is 6.76. The van der Waals surface area contributed by atoms with Crippen molar-refractivity contribution in [1.82, 2.24) is 0 Å². The van der Waals surface area contributed by atoms with Crippen molar-refractivity contribution >= 4 is 5.97 Å². The first kappa shape index (κ1) is 14.4. The molecule has 15 heavy (non-hydrogen) atoms. The SMILES string of the molecule is CCC[C@@H](O)C(N)CC(=O)OC(C)(C)C. The van der Waals surface area contributed by atoms with E-state index >= 15 is 0 Å². The second-order valence-corrected chi connectivity index (χ2v) is 4.81. The normalized spacial score (nSPS) is 15.9. The van der Waals surface area contributed by atoms with E-state index in [9.17, 15) is 9.90 Å². The maximum atomic E-state index is 11.4. The van der Waals surface area contributed by atoms with Crippen LogP contribution in [-0.4, -0.2) is 28.8 Å². The van der Waals surface area contributed by atoms with Crippen molar-refractivity contribution in [3.63, 3.8) is 0 Å². The molecule has 3 N–H and O–H groups in total. The Morgan fingerprint density at radius 2 is 2.00 bits per heavy atom. The van der Waals surface area contributed by atoms with Gasteiger partial charge in [0.05, 0.1) is 12.5 Å². The minimum Gasteiger partial charge on any atom is -0.460 e. The van der Waals surface area contributed by atoms with Crippen molar-refractivity contribution in [2.75, 3.05) is 0 Å². The van der Waals surface area contributed by atoms with Gasteiger partial charge in [0.15, 0.2) is 0 Å². The van der Waals surface area contributed by atoms with Gasteiger partial charge in [-0.2, -0.15) is 0 Å². The summed E-state index contributed by atoms with van der Waals surface area (Å²) in [5.41, 5.74) is 5.18. The summed E-state index contributed by atoms with van der Waals surface area (Å²) in [6.45, 7) is 7.38. The lowest BCUT2D eigenvalue weighted by molar-refractivity contribution is -0.155. The standard InChI is InChI=1S/C11H23NO3/c1-5-6-9(13)8(12)7-10(14)15-11(2,3)4/h8-9,13H,5-7,12H2,1-4H3/t8?,9-/m1/s1. The minimum absolute atomic E-state index is 0.0679. The van der Waals surface area contributed by atoms with Crippen LogP contribution >= 0.6 is 0 Å². The molecule has 0 radical (unpaired) electrons. The topological polar surface area (TPSA) is 72.5 Å². The molecule has 0 heterocycles. The summed E-state index contributed by atoms with van der Waals surface area (Å²) in [6, 6.07) is -0.528. The number of esters is 1. The predicted molar refractivity (Wildman–Crippen MR) is 59.4 cm³/mol. The smallest absolute Gasteiger partial charge is 0.307 e. The molecule has 0 spiro atoms. The van der Waals surface area contributed by atoms with Gasteiger partial charge >= 0.3 is 5.97 Å². The van der Waals surface area contributed by atoms with Crippen LogP contribution in [0.5, 0.6) is 0 Å². The molecule has 90 valence electrons. The summed E-state index contributed by atoms with van der Waals surface area (Å²) >= 11 is 0. The van der Waals surface area contributed by atoms with Crippen molar-refractivity contribution in [3.8, 4) is 0 Å². The van der Waals surface area contributed by atoms with E-state index in [0.717, 1.165) is 6.42 Å². The number of hydrogen-bond donors (Lipinski definition) is 2. The molecule has 0 saturated carbocycles. The number of ether oxygens (including phenoxy) is 1. The molecule has 0 aromatic heterocycles. The first-order valence-corrected chi connectivity index (χ1v) is 5.41. The quantitative estimate of drug-likeness (QED) is 0.679. The summed E-state index contributed by atoms with van der Waals surface area (Å²) in [5, 5.41) is 9.53. The Morgan fingerprint density at radius 1 is 1.47 bits per heavy atom. The zero-order chi connectivity index (χ0) is 12.1. The number of aliphatic hydroxyl groups excluding tert-OH is 1. The molecule has 2 atom stereocenters. The highest BCUT2D eigenvalue weighted by atomic mass is 16.6. The Morgan fingerprint density at radius 3 is 2.40 bits per heavy atom. The lowest BCUT2D eigenvalue weighted by Crippen LogP contribution is -2.38. The van der Waals surface area contributed by atoms with Crippen LogP contribution in [0.25, 0.3) is 0 Å². The molecule has 0 saturated heterocycles. The highest BCUT2D eigenvalue weighted by molar-refractivity contribution is 5.70. The Bertz CT molecular complexity index is 198. The van der Waals surface area contributed by atoms with Gasteiger partial charge < -0.3 is 15.6 Å². The Balaban J connectivity index is 3.96. The molecular weight excluding hydrogens is 194 g/mol. The molecule has 0 aliphatic rings. The molecule has 0 amide bonds. The molecule has 1 unspecified atom stereocenters. The molecular formula is C11H23NO3. The van der Waals surface area contributed by atoms with E-state index in [1.165, 1.54) is 0 Å². The number of aliphatic hydroxyl groups is 1. The van der Waals surface area contributed by atoms with Crippen LogP contribution in [0, 0.1) is 0 Å². The number of rotatable bonds is 5. The minimum atomic E-state index is -0.623.